The molecule has 2 fully saturated rings. The fraction of sp³-hybridized carbons (Fsp3) is 0.371. The van der Waals surface area contributed by atoms with Gasteiger partial charge in [0, 0.05) is 116 Å². The van der Waals surface area contributed by atoms with Crippen LogP contribution in [0.25, 0.3) is 33.0 Å². The van der Waals surface area contributed by atoms with Crippen molar-refractivity contribution < 1.29 is 81.3 Å². The van der Waals surface area contributed by atoms with Crippen molar-refractivity contribution in [3.63, 3.8) is 0 Å². The number of allylic oxidation sites excluding steroid dienone is 1. The van der Waals surface area contributed by atoms with Gasteiger partial charge in [0.05, 0.1) is 63.1 Å². The van der Waals surface area contributed by atoms with E-state index in [1.165, 1.54) is 18.9 Å². The first-order valence-corrected chi connectivity index (χ1v) is 31.2. The standard InChI is InChI=1S/2C35H33F6N5O3/c2*1-33(2,3)49-32(48)46-18-23(28-6-4-5-7-30(28)46)14-27-19-44-17-21(29-16-42-10-11-43-29)8-9-26(44)20-45(27)31(47)22-12-24(34(36,37)38)15-25(13-22)35(39,40)41/h4-7,10-13,15-18,26-27H,8-9,14,19-20H2,1-3H3;4-8,10-13,15-16,18,26-27H,9,14,17,19-20H2,1-3H3/t2*26-,27-/m11/s1. The Morgan fingerprint density at radius 2 is 0.929 bits per heavy atom. The van der Waals surface area contributed by atoms with Crippen LogP contribution in [0.1, 0.15) is 126 Å². The number of alkyl halides is 12. The zero-order valence-electron chi connectivity index (χ0n) is 53.7. The largest absolute Gasteiger partial charge is 0.443 e. The van der Waals surface area contributed by atoms with Gasteiger partial charge in [0.15, 0.2) is 0 Å². The molecule has 4 aliphatic rings. The molecule has 516 valence electrons. The molecule has 12 rings (SSSR count). The molecule has 4 aliphatic heterocycles. The Hall–Kier alpha value is -9.60. The van der Waals surface area contributed by atoms with Crippen LogP contribution >= 0.6 is 0 Å². The summed E-state index contributed by atoms with van der Waals surface area (Å²) in [5.74, 6) is -1.89. The number of ether oxygens (including phenoxy) is 2. The van der Waals surface area contributed by atoms with Gasteiger partial charge in [-0.05, 0) is 144 Å². The van der Waals surface area contributed by atoms with Crippen LogP contribution in [0.4, 0.5) is 62.3 Å². The molecule has 98 heavy (non-hydrogen) atoms. The Morgan fingerprint density at radius 1 is 0.510 bits per heavy atom. The van der Waals surface area contributed by atoms with Crippen LogP contribution in [0, 0.1) is 0 Å². The number of halogens is 12. The number of carbonyl (C=O) groups excluding carboxylic acids is 4. The minimum atomic E-state index is -5.11. The quantitative estimate of drug-likeness (QED) is 0.133. The first-order valence-electron chi connectivity index (χ1n) is 31.2. The fourth-order valence-corrected chi connectivity index (χ4v) is 12.9. The van der Waals surface area contributed by atoms with E-state index in [2.05, 4.69) is 24.8 Å². The van der Waals surface area contributed by atoms with Crippen molar-refractivity contribution in [1.82, 2.24) is 48.7 Å². The summed E-state index contributed by atoms with van der Waals surface area (Å²) in [6.07, 6.45) is -3.10. The molecule has 0 unspecified atom stereocenters. The summed E-state index contributed by atoms with van der Waals surface area (Å²) in [5, 5.41) is 1.39. The van der Waals surface area contributed by atoms with Crippen molar-refractivity contribution in [2.24, 2.45) is 0 Å². The predicted octanol–water partition coefficient (Wildman–Crippen LogP) is 15.3. The van der Waals surface area contributed by atoms with Gasteiger partial charge in [-0.2, -0.15) is 52.7 Å². The zero-order chi connectivity index (χ0) is 70.6. The van der Waals surface area contributed by atoms with Crippen LogP contribution in [0.5, 0.6) is 0 Å². The zero-order valence-corrected chi connectivity index (χ0v) is 53.7. The molecule has 8 aromatic rings. The molecule has 4 aromatic heterocycles. The number of piperazine rings is 2. The maximum Gasteiger partial charge on any atom is 0.419 e. The lowest BCUT2D eigenvalue weighted by molar-refractivity contribution is -0.144. The van der Waals surface area contributed by atoms with E-state index in [4.69, 9.17) is 9.47 Å². The third kappa shape index (κ3) is 15.7. The van der Waals surface area contributed by atoms with Crippen molar-refractivity contribution in [2.45, 2.75) is 134 Å². The fourth-order valence-electron chi connectivity index (χ4n) is 12.9. The third-order valence-corrected chi connectivity index (χ3v) is 17.3. The van der Waals surface area contributed by atoms with Gasteiger partial charge in [-0.1, -0.05) is 42.5 Å². The molecule has 4 atom stereocenters. The smallest absolute Gasteiger partial charge is 0.419 e. The van der Waals surface area contributed by atoms with Crippen molar-refractivity contribution in [3.05, 3.63) is 203 Å². The van der Waals surface area contributed by atoms with Crippen molar-refractivity contribution in [1.29, 1.82) is 0 Å². The number of nitrogens with zero attached hydrogens (tertiary/aromatic N) is 10. The summed E-state index contributed by atoms with van der Waals surface area (Å²) < 4.78 is 179. The molecule has 8 heterocycles. The molecule has 0 N–H and O–H groups in total. The Balaban J connectivity index is 0.000000198. The van der Waals surface area contributed by atoms with Gasteiger partial charge in [-0.15, -0.1) is 0 Å². The third-order valence-electron chi connectivity index (χ3n) is 17.3. The summed E-state index contributed by atoms with van der Waals surface area (Å²) in [4.78, 5) is 78.6. The first kappa shape index (κ1) is 69.7. The lowest BCUT2D eigenvalue weighted by Crippen LogP contribution is -2.61. The summed E-state index contributed by atoms with van der Waals surface area (Å²) in [6.45, 7) is 11.4. The Kier molecular flexibility index (Phi) is 19.0. The lowest BCUT2D eigenvalue weighted by Gasteiger charge is -2.48. The number of hydrogen-bond donors (Lipinski definition) is 0. The molecule has 0 spiro atoms. The Labute approximate surface area is 554 Å². The number of aromatic nitrogens is 6. The molecule has 16 nitrogen and oxygen atoms in total. The van der Waals surface area contributed by atoms with Crippen LogP contribution in [0.3, 0.4) is 0 Å². The van der Waals surface area contributed by atoms with Crippen LogP contribution in [-0.4, -0.2) is 141 Å². The summed E-state index contributed by atoms with van der Waals surface area (Å²) in [7, 11) is 0. The van der Waals surface area contributed by atoms with Crippen molar-refractivity contribution >= 4 is 57.0 Å². The molecule has 4 aromatic carbocycles. The van der Waals surface area contributed by atoms with Gasteiger partial charge in [-0.25, -0.2) is 9.59 Å². The Bertz CT molecular complexity index is 4230. The van der Waals surface area contributed by atoms with Crippen LogP contribution in [-0.2, 0) is 47.0 Å². The molecule has 2 saturated heterocycles. The summed E-state index contributed by atoms with van der Waals surface area (Å²) in [6, 6.07) is 14.2. The second kappa shape index (κ2) is 26.7. The first-order chi connectivity index (χ1) is 46.0. The normalized spacial score (nSPS) is 18.9. The summed E-state index contributed by atoms with van der Waals surface area (Å²) in [5.41, 5.74) is -3.62. The topological polar surface area (TPSA) is 161 Å². The van der Waals surface area contributed by atoms with E-state index in [-0.39, 0.29) is 63.2 Å². The highest BCUT2D eigenvalue weighted by Crippen LogP contribution is 2.41. The average molecular weight is 1370 g/mol. The number of fused-ring (bicyclic) bond motifs is 4. The minimum Gasteiger partial charge on any atom is -0.443 e. The van der Waals surface area contributed by atoms with E-state index >= 15 is 0 Å². The minimum absolute atomic E-state index is 0.0116. The Morgan fingerprint density at radius 3 is 1.35 bits per heavy atom. The molecule has 0 saturated carbocycles. The average Bonchev–Trinajstić information content (AvgIpc) is 1.11. The van der Waals surface area contributed by atoms with Gasteiger partial charge >= 0.3 is 36.9 Å². The molecule has 0 radical (unpaired) electrons. The molecule has 0 bridgehead atoms. The second-order valence-corrected chi connectivity index (χ2v) is 26.5. The monoisotopic (exact) mass is 1370 g/mol. The number of para-hydroxylation sites is 2. The van der Waals surface area contributed by atoms with Gasteiger partial charge in [0.1, 0.15) is 11.2 Å². The van der Waals surface area contributed by atoms with Gasteiger partial charge in [0.25, 0.3) is 11.8 Å². The highest BCUT2D eigenvalue weighted by Gasteiger charge is 2.45. The van der Waals surface area contributed by atoms with E-state index in [1.54, 1.807) is 134 Å². The van der Waals surface area contributed by atoms with Crippen LogP contribution in [0.2, 0.25) is 0 Å². The van der Waals surface area contributed by atoms with E-state index < -0.39 is 105 Å². The second-order valence-electron chi connectivity index (χ2n) is 26.5. The van der Waals surface area contributed by atoms with E-state index in [0.29, 0.717) is 94.4 Å². The molecule has 28 heteroatoms. The van der Waals surface area contributed by atoms with E-state index in [1.807, 2.05) is 23.2 Å². The maximum absolute atomic E-state index is 14.1. The molecular weight excluding hydrogens is 1300 g/mol. The summed E-state index contributed by atoms with van der Waals surface area (Å²) >= 11 is 0. The SMILES string of the molecule is CC(C)(C)OC(=O)n1cc(C[C@@H]2CN3C=C(c4cnccn4)CC[C@@H]3CN2C(=O)c2cc(C(F)(F)F)cc(C(F)(F)F)c2)c2ccccc21.CC(C)(C)OC(=O)n1cc(C[C@@H]2CN3CC(c4cnccn4)=CC[C@@H]3CN2C(=O)c2cc(C(F)(F)F)cc(C(F)(F)F)c2)c2ccccc21. The predicted molar refractivity (Wildman–Crippen MR) is 337 cm³/mol. The van der Waals surface area contributed by atoms with Gasteiger partial charge in [-0.3, -0.25) is 43.6 Å². The van der Waals surface area contributed by atoms with Crippen LogP contribution in [0.15, 0.2) is 147 Å². The number of rotatable bonds is 8. The van der Waals surface area contributed by atoms with E-state index in [9.17, 15) is 71.9 Å². The molecule has 0 aliphatic carbocycles. The molecule has 2 amide bonds. The molecular formula is C70H66F12N10O6. The number of amides is 2. The van der Waals surface area contributed by atoms with Crippen molar-refractivity contribution in [2.75, 3.05) is 32.7 Å². The maximum atomic E-state index is 14.1. The van der Waals surface area contributed by atoms with E-state index in [0.717, 1.165) is 11.1 Å². The van der Waals surface area contributed by atoms with Crippen LogP contribution < -0.4 is 0 Å². The van der Waals surface area contributed by atoms with Gasteiger partial charge < -0.3 is 24.2 Å². The number of carbonyl (C=O) groups is 4. The number of benzene rings is 4. The van der Waals surface area contributed by atoms with Gasteiger partial charge in [0.2, 0.25) is 0 Å². The highest BCUT2D eigenvalue weighted by atomic mass is 19.4. The van der Waals surface area contributed by atoms with Crippen molar-refractivity contribution in [3.8, 4) is 0 Å². The lowest BCUT2D eigenvalue weighted by atomic mass is 9.91. The number of hydrogen-bond acceptors (Lipinski definition) is 12. The highest BCUT2D eigenvalue weighted by molar-refractivity contribution is 5.97.